The number of amides is 4. The van der Waals surface area contributed by atoms with Gasteiger partial charge >= 0.3 is 6.03 Å². The summed E-state index contributed by atoms with van der Waals surface area (Å²) in [4.78, 5) is 48.2. The zero-order chi connectivity index (χ0) is 19.6. The van der Waals surface area contributed by atoms with E-state index in [4.69, 9.17) is 0 Å². The number of carbonyl (C=O) groups excluding carboxylic acids is 3. The van der Waals surface area contributed by atoms with Gasteiger partial charge in [0.25, 0.3) is 11.6 Å². The molecule has 0 radical (unpaired) electrons. The molecule has 0 aromatic heterocycles. The van der Waals surface area contributed by atoms with Gasteiger partial charge in [-0.05, 0) is 32.3 Å². The molecule has 0 spiro atoms. The number of hydrogen-bond donors (Lipinski definition) is 2. The number of nitro benzene ring substituents is 1. The highest BCUT2D eigenvalue weighted by Gasteiger charge is 2.48. The predicted octanol–water partition coefficient (Wildman–Crippen LogP) is 2.20. The van der Waals surface area contributed by atoms with E-state index in [0.29, 0.717) is 12.0 Å². The molecule has 1 aromatic rings. The summed E-state index contributed by atoms with van der Waals surface area (Å²) in [7, 11) is 0. The average molecular weight is 362 g/mol. The summed E-state index contributed by atoms with van der Waals surface area (Å²) in [5.41, 5.74) is -0.594. The van der Waals surface area contributed by atoms with Gasteiger partial charge in [-0.1, -0.05) is 19.9 Å². The second kappa shape index (κ2) is 7.11. The first-order valence-electron chi connectivity index (χ1n) is 8.23. The molecule has 140 valence electrons. The van der Waals surface area contributed by atoms with Crippen LogP contribution < -0.4 is 10.6 Å². The molecular weight excluding hydrogens is 340 g/mol. The number of carbonyl (C=O) groups is 3. The predicted molar refractivity (Wildman–Crippen MR) is 94.6 cm³/mol. The van der Waals surface area contributed by atoms with E-state index < -0.39 is 34.9 Å². The lowest BCUT2D eigenvalue weighted by Gasteiger charge is -2.23. The summed E-state index contributed by atoms with van der Waals surface area (Å²) in [6, 6.07) is 3.69. The molecule has 1 aromatic carbocycles. The smallest absolute Gasteiger partial charge is 0.324 e. The molecule has 1 aliphatic rings. The number of nitrogens with one attached hydrogen (secondary N) is 2. The van der Waals surface area contributed by atoms with Crippen molar-refractivity contribution in [3.63, 3.8) is 0 Å². The minimum absolute atomic E-state index is 0.123. The van der Waals surface area contributed by atoms with Gasteiger partial charge in [-0.15, -0.1) is 0 Å². The molecule has 1 saturated heterocycles. The Labute approximate surface area is 150 Å². The summed E-state index contributed by atoms with van der Waals surface area (Å²) in [6.45, 7) is 6.56. The summed E-state index contributed by atoms with van der Waals surface area (Å²) in [5.74, 6) is -0.876. The van der Waals surface area contributed by atoms with Crippen molar-refractivity contribution in [2.24, 2.45) is 5.92 Å². The number of rotatable bonds is 6. The van der Waals surface area contributed by atoms with Crippen molar-refractivity contribution in [1.29, 1.82) is 0 Å². The van der Waals surface area contributed by atoms with Crippen LogP contribution in [0.4, 0.5) is 16.2 Å². The van der Waals surface area contributed by atoms with Crippen LogP contribution in [0.1, 0.15) is 32.8 Å². The van der Waals surface area contributed by atoms with Crippen molar-refractivity contribution >= 4 is 29.2 Å². The van der Waals surface area contributed by atoms with Crippen molar-refractivity contribution < 1.29 is 19.3 Å². The minimum Gasteiger partial charge on any atom is -0.324 e. The van der Waals surface area contributed by atoms with E-state index in [1.165, 1.54) is 25.1 Å². The maximum Gasteiger partial charge on any atom is 0.325 e. The number of anilines is 1. The van der Waals surface area contributed by atoms with Gasteiger partial charge < -0.3 is 10.6 Å². The SMILES string of the molecule is Cc1c(NC(=O)CN2C(=O)N[C@@](C)(CC(C)C)C2=O)cccc1[N+](=O)[O-]. The van der Waals surface area contributed by atoms with Crippen molar-refractivity contribution in [2.45, 2.75) is 39.7 Å². The van der Waals surface area contributed by atoms with E-state index >= 15 is 0 Å². The number of benzene rings is 1. The summed E-state index contributed by atoms with van der Waals surface area (Å²) in [6.07, 6.45) is 0.458. The molecule has 9 nitrogen and oxygen atoms in total. The van der Waals surface area contributed by atoms with Crippen LogP contribution in [0.5, 0.6) is 0 Å². The van der Waals surface area contributed by atoms with Gasteiger partial charge in [-0.25, -0.2) is 4.79 Å². The number of urea groups is 1. The first-order valence-corrected chi connectivity index (χ1v) is 8.23. The molecule has 0 bridgehead atoms. The van der Waals surface area contributed by atoms with Crippen LogP contribution in [-0.4, -0.2) is 39.8 Å². The molecule has 1 atom stereocenters. The lowest BCUT2D eigenvalue weighted by molar-refractivity contribution is -0.385. The molecule has 0 saturated carbocycles. The van der Waals surface area contributed by atoms with Gasteiger partial charge in [0, 0.05) is 6.07 Å². The maximum absolute atomic E-state index is 12.5. The van der Waals surface area contributed by atoms with Crippen molar-refractivity contribution in [1.82, 2.24) is 10.2 Å². The first kappa shape index (κ1) is 19.4. The summed E-state index contributed by atoms with van der Waals surface area (Å²) in [5, 5.41) is 16.1. The Morgan fingerprint density at radius 1 is 1.38 bits per heavy atom. The van der Waals surface area contributed by atoms with Gasteiger partial charge in [0.1, 0.15) is 12.1 Å². The van der Waals surface area contributed by atoms with Crippen molar-refractivity contribution in [3.05, 3.63) is 33.9 Å². The van der Waals surface area contributed by atoms with Gasteiger partial charge in [0.05, 0.1) is 16.2 Å². The maximum atomic E-state index is 12.5. The Bertz CT molecular complexity index is 776. The molecule has 1 fully saturated rings. The molecule has 1 aliphatic heterocycles. The lowest BCUT2D eigenvalue weighted by Crippen LogP contribution is -2.45. The second-order valence-electron chi connectivity index (χ2n) is 7.01. The Morgan fingerprint density at radius 2 is 2.04 bits per heavy atom. The molecule has 2 N–H and O–H groups in total. The van der Waals surface area contributed by atoms with Crippen LogP contribution in [0, 0.1) is 23.0 Å². The minimum atomic E-state index is -1.03. The molecule has 4 amide bonds. The van der Waals surface area contributed by atoms with Crippen LogP contribution >= 0.6 is 0 Å². The summed E-state index contributed by atoms with van der Waals surface area (Å²) < 4.78 is 0. The Morgan fingerprint density at radius 3 is 2.62 bits per heavy atom. The highest BCUT2D eigenvalue weighted by Crippen LogP contribution is 2.26. The molecule has 1 heterocycles. The highest BCUT2D eigenvalue weighted by molar-refractivity contribution is 6.10. The van der Waals surface area contributed by atoms with Crippen LogP contribution in [-0.2, 0) is 9.59 Å². The van der Waals surface area contributed by atoms with Gasteiger partial charge in [0.2, 0.25) is 5.91 Å². The fourth-order valence-electron chi connectivity index (χ4n) is 3.14. The molecule has 26 heavy (non-hydrogen) atoms. The Balaban J connectivity index is 2.11. The fraction of sp³-hybridized carbons (Fsp3) is 0.471. The monoisotopic (exact) mass is 362 g/mol. The highest BCUT2D eigenvalue weighted by atomic mass is 16.6. The zero-order valence-corrected chi connectivity index (χ0v) is 15.2. The fourth-order valence-corrected chi connectivity index (χ4v) is 3.14. The number of nitro groups is 1. The molecule has 0 unspecified atom stereocenters. The van der Waals surface area contributed by atoms with E-state index in [1.54, 1.807) is 6.92 Å². The van der Waals surface area contributed by atoms with Gasteiger partial charge in [0.15, 0.2) is 0 Å². The van der Waals surface area contributed by atoms with E-state index in [2.05, 4.69) is 10.6 Å². The third-order valence-corrected chi connectivity index (χ3v) is 4.24. The zero-order valence-electron chi connectivity index (χ0n) is 15.2. The third kappa shape index (κ3) is 3.81. The van der Waals surface area contributed by atoms with E-state index in [1.807, 2.05) is 13.8 Å². The number of imide groups is 1. The number of hydrogen-bond acceptors (Lipinski definition) is 5. The van der Waals surface area contributed by atoms with E-state index in [9.17, 15) is 24.5 Å². The molecule has 0 aliphatic carbocycles. The van der Waals surface area contributed by atoms with Crippen LogP contribution in [0.2, 0.25) is 0 Å². The molecule has 2 rings (SSSR count). The van der Waals surface area contributed by atoms with E-state index in [0.717, 1.165) is 4.90 Å². The van der Waals surface area contributed by atoms with Crippen molar-refractivity contribution in [2.75, 3.05) is 11.9 Å². The van der Waals surface area contributed by atoms with Crippen LogP contribution in [0.25, 0.3) is 0 Å². The van der Waals surface area contributed by atoms with Gasteiger partial charge in [-0.3, -0.25) is 24.6 Å². The average Bonchev–Trinajstić information content (AvgIpc) is 2.71. The molecular formula is C17H22N4O5. The second-order valence-corrected chi connectivity index (χ2v) is 7.01. The first-order chi connectivity index (χ1) is 12.0. The van der Waals surface area contributed by atoms with Crippen molar-refractivity contribution in [3.8, 4) is 0 Å². The van der Waals surface area contributed by atoms with E-state index in [-0.39, 0.29) is 17.3 Å². The number of nitrogens with zero attached hydrogens (tertiary/aromatic N) is 2. The third-order valence-electron chi connectivity index (χ3n) is 4.24. The van der Waals surface area contributed by atoms with Gasteiger partial charge in [-0.2, -0.15) is 0 Å². The standard InChI is InChI=1S/C17H22N4O5/c1-10(2)8-17(4)15(23)20(16(24)19-17)9-14(22)18-12-6-5-7-13(11(12)3)21(25)26/h5-7,10H,8-9H2,1-4H3,(H,18,22)(H,19,24)/t17-/m0/s1. The lowest BCUT2D eigenvalue weighted by atomic mass is 9.91. The largest absolute Gasteiger partial charge is 0.325 e. The van der Waals surface area contributed by atoms with Crippen LogP contribution in [0.3, 0.4) is 0 Å². The normalized spacial score (nSPS) is 19.7. The Hall–Kier alpha value is -2.97. The molecule has 9 heteroatoms. The quantitative estimate of drug-likeness (QED) is 0.456. The topological polar surface area (TPSA) is 122 Å². The van der Waals surface area contributed by atoms with Crippen LogP contribution in [0.15, 0.2) is 18.2 Å². The summed E-state index contributed by atoms with van der Waals surface area (Å²) >= 11 is 0. The Kier molecular flexibility index (Phi) is 5.29.